The fourth-order valence-corrected chi connectivity index (χ4v) is 6.26. The van der Waals surface area contributed by atoms with Crippen molar-refractivity contribution in [3.63, 3.8) is 0 Å². The molecule has 2 aromatic heterocycles. The second-order valence-electron chi connectivity index (χ2n) is 8.42. The van der Waals surface area contributed by atoms with E-state index in [1.807, 2.05) is 6.20 Å². The van der Waals surface area contributed by atoms with E-state index in [1.54, 1.807) is 11.3 Å². The Morgan fingerprint density at radius 3 is 2.90 bits per heavy atom. The Bertz CT molecular complexity index is 1400. The van der Waals surface area contributed by atoms with Crippen molar-refractivity contribution in [2.75, 3.05) is 0 Å². The minimum atomic E-state index is -0.201. The fourth-order valence-electron chi connectivity index (χ4n) is 5.30. The minimum absolute atomic E-state index is 0. The molecule has 1 saturated heterocycles. The molecule has 0 spiro atoms. The molecule has 1 aliphatic carbocycles. The number of carbonyl (C=O) groups excluding carboxylic acids is 1. The highest BCUT2D eigenvalue weighted by Crippen LogP contribution is 2.47. The lowest BCUT2D eigenvalue weighted by atomic mass is 9.86. The molecule has 2 atom stereocenters. The van der Waals surface area contributed by atoms with Crippen LogP contribution >= 0.6 is 11.3 Å². The number of rotatable bonds is 2. The maximum Gasteiger partial charge on any atom is 0.254 e. The highest BCUT2D eigenvalue weighted by molar-refractivity contribution is 7.17. The SMILES string of the molecule is O=C1N[C@H]2OC2C(c2csc3ccccc23)=C1c1c[nH]c2c3c(ccc12)CCCC3.[HH].[HH]. The summed E-state index contributed by atoms with van der Waals surface area (Å²) in [5, 5.41) is 7.53. The number of aryl methyl sites for hydroxylation is 2. The van der Waals surface area contributed by atoms with Gasteiger partial charge in [0, 0.05) is 41.2 Å². The predicted octanol–water partition coefficient (Wildman–Crippen LogP) is 5.52. The molecule has 0 radical (unpaired) electrons. The van der Waals surface area contributed by atoms with Gasteiger partial charge in [-0.05, 0) is 53.8 Å². The van der Waals surface area contributed by atoms with Gasteiger partial charge < -0.3 is 15.0 Å². The summed E-state index contributed by atoms with van der Waals surface area (Å²) in [4.78, 5) is 16.8. The van der Waals surface area contributed by atoms with Crippen LogP contribution in [0, 0.1) is 0 Å². The largest absolute Gasteiger partial charge is 0.360 e. The molecule has 4 nitrogen and oxygen atoms in total. The highest BCUT2D eigenvalue weighted by Gasteiger charge is 2.50. The number of H-pyrrole nitrogens is 1. The highest BCUT2D eigenvalue weighted by atomic mass is 32.1. The average molecular weight is 417 g/mol. The minimum Gasteiger partial charge on any atom is -0.360 e. The van der Waals surface area contributed by atoms with Crippen LogP contribution in [0.3, 0.4) is 0 Å². The van der Waals surface area contributed by atoms with Crippen LogP contribution in [-0.2, 0) is 22.4 Å². The second-order valence-corrected chi connectivity index (χ2v) is 9.33. The lowest BCUT2D eigenvalue weighted by molar-refractivity contribution is -0.116. The summed E-state index contributed by atoms with van der Waals surface area (Å²) < 4.78 is 7.10. The number of aromatic amines is 1. The van der Waals surface area contributed by atoms with Crippen LogP contribution < -0.4 is 5.32 Å². The van der Waals surface area contributed by atoms with Crippen LogP contribution in [0.2, 0.25) is 0 Å². The summed E-state index contributed by atoms with van der Waals surface area (Å²) in [7, 11) is 0. The standard InChI is InChI=1S/C25H20N2O2S.2H2/c28-24-21(17-11-26-22-14-6-2-1-5-13(14)9-10-16(17)22)20(23-25(27-24)29-23)18-12-30-19-8-4-3-7-15(18)19;;/h3-4,7-12,23,25-26H,1-2,5-6H2,(H,27,28);2*1H/t23?,25-;;/m0../s1. The molecule has 2 N–H and O–H groups in total. The normalized spacial score (nSPS) is 22.9. The zero-order valence-electron chi connectivity index (χ0n) is 16.3. The molecule has 30 heavy (non-hydrogen) atoms. The molecule has 0 bridgehead atoms. The Labute approximate surface area is 180 Å². The maximum absolute atomic E-state index is 13.2. The zero-order valence-corrected chi connectivity index (χ0v) is 17.1. The lowest BCUT2D eigenvalue weighted by Gasteiger charge is -2.19. The molecule has 0 saturated carbocycles. The molecule has 2 aromatic carbocycles. The van der Waals surface area contributed by atoms with E-state index in [9.17, 15) is 4.79 Å². The van der Waals surface area contributed by atoms with Crippen LogP contribution in [0.25, 0.3) is 32.1 Å². The fraction of sp³-hybridized carbons (Fsp3) is 0.240. The Hall–Kier alpha value is -2.89. The first-order chi connectivity index (χ1) is 14.8. The topological polar surface area (TPSA) is 57.4 Å². The Balaban J connectivity index is 0.00000108. The van der Waals surface area contributed by atoms with Gasteiger partial charge in [-0.2, -0.15) is 0 Å². The third kappa shape index (κ3) is 2.27. The molecule has 3 aliphatic rings. The monoisotopic (exact) mass is 416 g/mol. The molecule has 2 aliphatic heterocycles. The predicted molar refractivity (Wildman–Crippen MR) is 125 cm³/mol. The van der Waals surface area contributed by atoms with Crippen LogP contribution in [-0.4, -0.2) is 23.2 Å². The third-order valence-corrected chi connectivity index (χ3v) is 7.73. The molecule has 7 rings (SSSR count). The number of aromatic nitrogens is 1. The number of nitrogens with one attached hydrogen (secondary N) is 2. The van der Waals surface area contributed by atoms with Gasteiger partial charge in [-0.1, -0.05) is 30.3 Å². The van der Waals surface area contributed by atoms with E-state index in [-0.39, 0.29) is 21.1 Å². The Kier molecular flexibility index (Phi) is 3.41. The first kappa shape index (κ1) is 16.9. The summed E-state index contributed by atoms with van der Waals surface area (Å²) in [5.41, 5.74) is 7.94. The summed E-state index contributed by atoms with van der Waals surface area (Å²) in [6, 6.07) is 12.8. The molecular formula is C25H24N2O2S. The molecule has 1 unspecified atom stereocenters. The molecule has 4 aromatic rings. The zero-order chi connectivity index (χ0) is 19.8. The van der Waals surface area contributed by atoms with Crippen molar-refractivity contribution in [2.45, 2.75) is 38.0 Å². The number of ether oxygens (including phenoxy) is 1. The van der Waals surface area contributed by atoms with Gasteiger partial charge in [0.2, 0.25) is 0 Å². The molecule has 1 fully saturated rings. The van der Waals surface area contributed by atoms with Crippen molar-refractivity contribution in [3.8, 4) is 0 Å². The van der Waals surface area contributed by atoms with E-state index in [0.29, 0.717) is 0 Å². The summed E-state index contributed by atoms with van der Waals surface area (Å²) in [6.07, 6.45) is 6.49. The molecule has 4 heterocycles. The van der Waals surface area contributed by atoms with Gasteiger partial charge in [0.05, 0.1) is 5.57 Å². The molecular weight excluding hydrogens is 392 g/mol. The molecule has 152 valence electrons. The summed E-state index contributed by atoms with van der Waals surface area (Å²) in [6.45, 7) is 0. The van der Waals surface area contributed by atoms with Gasteiger partial charge in [-0.3, -0.25) is 4.79 Å². The lowest BCUT2D eigenvalue weighted by Crippen LogP contribution is -2.33. The van der Waals surface area contributed by atoms with Gasteiger partial charge in [-0.15, -0.1) is 11.3 Å². The number of hydrogen-bond donors (Lipinski definition) is 2. The average Bonchev–Trinajstić information content (AvgIpc) is 3.22. The number of carbonyl (C=O) groups is 1. The number of amides is 1. The van der Waals surface area contributed by atoms with E-state index < -0.39 is 0 Å². The first-order valence-corrected chi connectivity index (χ1v) is 11.5. The smallest absolute Gasteiger partial charge is 0.254 e. The summed E-state index contributed by atoms with van der Waals surface area (Å²) >= 11 is 1.72. The number of benzene rings is 2. The van der Waals surface area contributed by atoms with Crippen molar-refractivity contribution >= 4 is 49.4 Å². The molecule has 1 amide bonds. The third-order valence-electron chi connectivity index (χ3n) is 6.77. The van der Waals surface area contributed by atoms with E-state index in [1.165, 1.54) is 39.6 Å². The van der Waals surface area contributed by atoms with Gasteiger partial charge in [-0.25, -0.2) is 0 Å². The van der Waals surface area contributed by atoms with Crippen LogP contribution in [0.1, 0.15) is 37.9 Å². The van der Waals surface area contributed by atoms with Crippen molar-refractivity contribution in [2.24, 2.45) is 0 Å². The number of hydrogen-bond acceptors (Lipinski definition) is 3. The van der Waals surface area contributed by atoms with E-state index >= 15 is 0 Å². The van der Waals surface area contributed by atoms with Gasteiger partial charge in [0.15, 0.2) is 6.23 Å². The quantitative estimate of drug-likeness (QED) is 0.423. The van der Waals surface area contributed by atoms with E-state index in [0.717, 1.165) is 40.5 Å². The Morgan fingerprint density at radius 1 is 1.03 bits per heavy atom. The number of fused-ring (bicyclic) bond motifs is 5. The van der Waals surface area contributed by atoms with Gasteiger partial charge in [0.25, 0.3) is 5.91 Å². The number of epoxide rings is 1. The van der Waals surface area contributed by atoms with Crippen LogP contribution in [0.5, 0.6) is 0 Å². The first-order valence-electron chi connectivity index (χ1n) is 10.6. The maximum atomic E-state index is 13.2. The van der Waals surface area contributed by atoms with Crippen molar-refractivity contribution in [1.82, 2.24) is 10.3 Å². The van der Waals surface area contributed by atoms with Crippen molar-refractivity contribution in [1.29, 1.82) is 0 Å². The summed E-state index contributed by atoms with van der Waals surface area (Å²) in [5.74, 6) is -0.0438. The van der Waals surface area contributed by atoms with Crippen molar-refractivity contribution < 1.29 is 12.4 Å². The van der Waals surface area contributed by atoms with Crippen molar-refractivity contribution in [3.05, 3.63) is 70.2 Å². The second kappa shape index (κ2) is 6.06. The molecule has 5 heteroatoms. The van der Waals surface area contributed by atoms with E-state index in [4.69, 9.17) is 4.74 Å². The van der Waals surface area contributed by atoms with E-state index in [2.05, 4.69) is 52.1 Å². The van der Waals surface area contributed by atoms with Gasteiger partial charge in [0.1, 0.15) is 6.10 Å². The number of thiophene rings is 1. The van der Waals surface area contributed by atoms with Crippen LogP contribution in [0.15, 0.2) is 48.0 Å². The van der Waals surface area contributed by atoms with Gasteiger partial charge >= 0.3 is 0 Å². The van der Waals surface area contributed by atoms with Crippen LogP contribution in [0.4, 0.5) is 0 Å². The Morgan fingerprint density at radius 2 is 1.93 bits per heavy atom.